The Balaban J connectivity index is 2.86. The summed E-state index contributed by atoms with van der Waals surface area (Å²) in [5.41, 5.74) is 2.71. The molecule has 0 atom stereocenters. The Labute approximate surface area is 54.3 Å². The van der Waals surface area contributed by atoms with E-state index in [1.807, 2.05) is 6.08 Å². The van der Waals surface area contributed by atoms with Gasteiger partial charge in [-0.25, -0.2) is 0 Å². The topological polar surface area (TPSA) is 0 Å². The summed E-state index contributed by atoms with van der Waals surface area (Å²) in [4.78, 5) is 0. The molecular weight excluding hydrogens is 247 g/mol. The first kappa shape index (κ1) is 6.80. The molecule has 0 nitrogen and oxygen atoms in total. The fraction of sp³-hybridized carbons (Fsp3) is 0.250. The van der Waals surface area contributed by atoms with Crippen molar-refractivity contribution in [3.8, 4) is 0 Å². The molecule has 0 aliphatic carbocycles. The summed E-state index contributed by atoms with van der Waals surface area (Å²) in [6, 6.07) is 0. The fourth-order valence-corrected chi connectivity index (χ4v) is 1.83. The summed E-state index contributed by atoms with van der Waals surface area (Å²) >= 11 is 3.27. The van der Waals surface area contributed by atoms with Gasteiger partial charge in [-0.05, 0) is 0 Å². The van der Waals surface area contributed by atoms with Crippen molar-refractivity contribution in [1.82, 2.24) is 0 Å². The second-order valence-electron chi connectivity index (χ2n) is 0.746. The molecule has 32 valence electrons. The average Bonchev–Trinajstić information content (AvgIpc) is 1.61. The molecule has 0 saturated carbocycles. The van der Waals surface area contributed by atoms with Gasteiger partial charge in [0, 0.05) is 0 Å². The maximum absolute atomic E-state index is 3.42. The number of rotatable bonds is 2. The van der Waals surface area contributed by atoms with Gasteiger partial charge in [0.15, 0.2) is 0 Å². The quantitative estimate of drug-likeness (QED) is 0.518. The fourth-order valence-electron chi connectivity index (χ4n) is 0.111. The van der Waals surface area contributed by atoms with E-state index in [4.69, 9.17) is 0 Å². The Morgan fingerprint density at radius 2 is 2.67 bits per heavy atom. The van der Waals surface area contributed by atoms with Gasteiger partial charge in [-0.15, -0.1) is 0 Å². The Bertz CT molecular complexity index is 63.9. The van der Waals surface area contributed by atoms with E-state index in [0.29, 0.717) is 0 Å². The van der Waals surface area contributed by atoms with Crippen LogP contribution in [0.5, 0.6) is 0 Å². The second-order valence-corrected chi connectivity index (χ2v) is 6.44. The summed E-state index contributed by atoms with van der Waals surface area (Å²) in [5, 5.41) is 0. The third-order valence-corrected chi connectivity index (χ3v) is 3.52. The molecule has 0 aliphatic heterocycles. The Kier molecular flexibility index (Phi) is 6.57. The first-order valence-electron chi connectivity index (χ1n) is 1.59. The molecule has 0 aromatic carbocycles. The van der Waals surface area contributed by atoms with Gasteiger partial charge >= 0.3 is 54.4 Å². The molecule has 0 spiro atoms. The molecule has 2 radical (unpaired) electrons. The molecule has 0 fully saturated rings. The molecule has 6 heavy (non-hydrogen) atoms. The number of hydrogen-bond donors (Lipinski definition) is 0. The van der Waals surface area contributed by atoms with Crippen molar-refractivity contribution in [2.75, 3.05) is 0 Å². The Morgan fingerprint density at radius 3 is 2.83 bits per heavy atom. The predicted octanol–water partition coefficient (Wildman–Crippen LogP) is 1.76. The van der Waals surface area contributed by atoms with E-state index in [1.54, 1.807) is 0 Å². The monoisotopic (exact) mass is 252 g/mol. The minimum atomic E-state index is -0.156. The molecule has 0 aromatic heterocycles. The van der Waals surface area contributed by atoms with Gasteiger partial charge in [-0.1, -0.05) is 0 Å². The number of halogens is 1. The first-order chi connectivity index (χ1) is 2.91. The van der Waals surface area contributed by atoms with Crippen LogP contribution in [0.1, 0.15) is 0 Å². The summed E-state index contributed by atoms with van der Waals surface area (Å²) in [7, 11) is 0. The molecule has 0 aromatic rings. The van der Waals surface area contributed by atoms with Crippen molar-refractivity contribution in [2.24, 2.45) is 0 Å². The van der Waals surface area contributed by atoms with Crippen molar-refractivity contribution in [2.45, 2.75) is 4.44 Å². The van der Waals surface area contributed by atoms with Gasteiger partial charge in [-0.3, -0.25) is 0 Å². The van der Waals surface area contributed by atoms with E-state index >= 15 is 0 Å². The van der Waals surface area contributed by atoms with Crippen molar-refractivity contribution in [3.63, 3.8) is 0 Å². The zero-order valence-electron chi connectivity index (χ0n) is 3.37. The summed E-state index contributed by atoms with van der Waals surface area (Å²) < 4.78 is 1.20. The van der Waals surface area contributed by atoms with Gasteiger partial charge in [-0.2, -0.15) is 0 Å². The van der Waals surface area contributed by atoms with E-state index in [2.05, 4.69) is 25.0 Å². The van der Waals surface area contributed by atoms with Gasteiger partial charge in [0.25, 0.3) is 0 Å². The molecule has 0 bridgehead atoms. The van der Waals surface area contributed by atoms with Gasteiger partial charge < -0.3 is 0 Å². The van der Waals surface area contributed by atoms with Crippen LogP contribution < -0.4 is 0 Å². The zero-order chi connectivity index (χ0) is 4.83. The molecule has 0 heterocycles. The Hall–Kier alpha value is 0.799. The van der Waals surface area contributed by atoms with Crippen LogP contribution in [0.3, 0.4) is 0 Å². The predicted molar refractivity (Wildman–Crippen MR) is 33.2 cm³/mol. The second kappa shape index (κ2) is 5.80. The summed E-state index contributed by atoms with van der Waals surface area (Å²) in [6.45, 7) is 3.42. The van der Waals surface area contributed by atoms with Crippen LogP contribution in [0.2, 0.25) is 4.44 Å². The van der Waals surface area contributed by atoms with Crippen LogP contribution in [-0.4, -0.2) is 18.9 Å². The number of hydrogen-bond acceptors (Lipinski definition) is 0. The van der Waals surface area contributed by atoms with Crippen molar-refractivity contribution in [1.29, 1.82) is 0 Å². The molecule has 0 saturated heterocycles. The normalized spacial score (nSPS) is 6.83. The van der Waals surface area contributed by atoms with E-state index < -0.39 is 0 Å². The molecule has 0 N–H and O–H groups in total. The Morgan fingerprint density at radius 1 is 2.00 bits per heavy atom. The average molecular weight is 252 g/mol. The molecule has 0 aliphatic rings. The summed E-state index contributed by atoms with van der Waals surface area (Å²) in [5.74, 6) is 0. The van der Waals surface area contributed by atoms with Gasteiger partial charge in [0.2, 0.25) is 0 Å². The third-order valence-electron chi connectivity index (χ3n) is 0.324. The van der Waals surface area contributed by atoms with E-state index in [1.165, 1.54) is 4.44 Å². The SMILES string of the molecule is C=C=C[CH2][Sn][Br]. The zero-order valence-corrected chi connectivity index (χ0v) is 7.81. The van der Waals surface area contributed by atoms with E-state index in [9.17, 15) is 0 Å². The van der Waals surface area contributed by atoms with Crippen LogP contribution in [0.15, 0.2) is 18.4 Å². The van der Waals surface area contributed by atoms with E-state index in [0.717, 1.165) is 0 Å². The third kappa shape index (κ3) is 4.80. The van der Waals surface area contributed by atoms with Crippen molar-refractivity contribution in [3.05, 3.63) is 18.4 Å². The van der Waals surface area contributed by atoms with Crippen LogP contribution in [-0.2, 0) is 0 Å². The molecule has 2 heteroatoms. The van der Waals surface area contributed by atoms with Crippen molar-refractivity contribution >= 4 is 31.6 Å². The molecule has 0 amide bonds. The van der Waals surface area contributed by atoms with Crippen molar-refractivity contribution < 1.29 is 0 Å². The van der Waals surface area contributed by atoms with Crippen LogP contribution in [0.4, 0.5) is 0 Å². The van der Waals surface area contributed by atoms with Crippen LogP contribution in [0, 0.1) is 0 Å². The van der Waals surface area contributed by atoms with E-state index in [-0.39, 0.29) is 18.9 Å². The maximum atomic E-state index is 3.42. The van der Waals surface area contributed by atoms with Crippen LogP contribution >= 0.6 is 12.7 Å². The van der Waals surface area contributed by atoms with Gasteiger partial charge in [0.1, 0.15) is 0 Å². The summed E-state index contributed by atoms with van der Waals surface area (Å²) in [6.07, 6.45) is 1.97. The standard InChI is InChI=1S/C4H5.BrH.Sn/c1-3-4-2;;/h3H,1-2H2;1H;/q;;+1/p-1. The molecule has 0 rings (SSSR count). The number of allylic oxidation sites excluding steroid dienone is 1. The first-order valence-corrected chi connectivity index (χ1v) is 10.0. The molecular formula is C4H5BrSn. The van der Waals surface area contributed by atoms with Crippen LogP contribution in [0.25, 0.3) is 0 Å². The molecule has 0 unspecified atom stereocenters. The minimum absolute atomic E-state index is 0.156. The van der Waals surface area contributed by atoms with Gasteiger partial charge in [0.05, 0.1) is 0 Å².